The number of likely N-dealkylation sites (tertiary alicyclic amines) is 1. The van der Waals surface area contributed by atoms with Crippen LogP contribution in [0.5, 0.6) is 0 Å². The van der Waals surface area contributed by atoms with Gasteiger partial charge in [0.2, 0.25) is 5.91 Å². The van der Waals surface area contributed by atoms with E-state index in [-0.39, 0.29) is 17.7 Å². The number of amides is 2. The number of halogens is 1. The average Bonchev–Trinajstić information content (AvgIpc) is 3.23. The molecule has 6 nitrogen and oxygen atoms in total. The molecule has 1 aliphatic heterocycles. The minimum absolute atomic E-state index is 0.0766. The molecule has 0 radical (unpaired) electrons. The van der Waals surface area contributed by atoms with E-state index in [9.17, 15) is 9.59 Å². The first-order chi connectivity index (χ1) is 14.1. The third-order valence-electron chi connectivity index (χ3n) is 4.86. The largest absolute Gasteiger partial charge is 0.338 e. The van der Waals surface area contributed by atoms with Crippen LogP contribution in [0.25, 0.3) is 11.3 Å². The quantitative estimate of drug-likeness (QED) is 0.673. The highest BCUT2D eigenvalue weighted by molar-refractivity contribution is 7.14. The maximum atomic E-state index is 12.8. The fourth-order valence-corrected chi connectivity index (χ4v) is 4.18. The van der Waals surface area contributed by atoms with Crippen LogP contribution >= 0.6 is 22.9 Å². The van der Waals surface area contributed by atoms with Gasteiger partial charge in [-0.2, -0.15) is 0 Å². The minimum Gasteiger partial charge on any atom is -0.338 e. The van der Waals surface area contributed by atoms with Crippen molar-refractivity contribution in [3.05, 3.63) is 64.8 Å². The van der Waals surface area contributed by atoms with Crippen molar-refractivity contribution in [2.24, 2.45) is 5.92 Å². The van der Waals surface area contributed by atoms with E-state index in [0.717, 1.165) is 24.1 Å². The van der Waals surface area contributed by atoms with Crippen LogP contribution in [0.3, 0.4) is 0 Å². The Bertz CT molecular complexity index is 1010. The van der Waals surface area contributed by atoms with Crippen molar-refractivity contribution in [1.82, 2.24) is 14.9 Å². The molecule has 1 N–H and O–H groups in total. The number of piperidine rings is 1. The van der Waals surface area contributed by atoms with Crippen molar-refractivity contribution in [2.45, 2.75) is 12.8 Å². The molecule has 29 heavy (non-hydrogen) atoms. The molecular weight excluding hydrogens is 408 g/mol. The highest BCUT2D eigenvalue weighted by Crippen LogP contribution is 2.26. The van der Waals surface area contributed by atoms with Crippen molar-refractivity contribution in [1.29, 1.82) is 0 Å². The first-order valence-corrected chi connectivity index (χ1v) is 10.6. The molecule has 0 saturated carbocycles. The van der Waals surface area contributed by atoms with E-state index < -0.39 is 0 Å². The zero-order chi connectivity index (χ0) is 20.2. The topological polar surface area (TPSA) is 75.2 Å². The maximum absolute atomic E-state index is 12.8. The van der Waals surface area contributed by atoms with Gasteiger partial charge in [0.25, 0.3) is 5.91 Å². The second-order valence-corrected chi connectivity index (χ2v) is 8.16. The van der Waals surface area contributed by atoms with E-state index in [2.05, 4.69) is 15.3 Å². The van der Waals surface area contributed by atoms with Crippen LogP contribution in [0.1, 0.15) is 23.2 Å². The Balaban J connectivity index is 1.39. The number of thiazole rings is 1. The fourth-order valence-electron chi connectivity index (χ4n) is 3.34. The fraction of sp³-hybridized carbons (Fsp3) is 0.238. The van der Waals surface area contributed by atoms with E-state index in [4.69, 9.17) is 11.6 Å². The van der Waals surface area contributed by atoms with Gasteiger partial charge in [0.1, 0.15) is 0 Å². The lowest BCUT2D eigenvalue weighted by Crippen LogP contribution is -2.43. The molecule has 1 saturated heterocycles. The lowest BCUT2D eigenvalue weighted by atomic mass is 9.96. The molecule has 148 valence electrons. The highest BCUT2D eigenvalue weighted by Gasteiger charge is 2.29. The monoisotopic (exact) mass is 426 g/mol. The van der Waals surface area contributed by atoms with Crippen molar-refractivity contribution in [2.75, 3.05) is 18.4 Å². The van der Waals surface area contributed by atoms with Crippen LogP contribution in [0, 0.1) is 5.92 Å². The second-order valence-electron chi connectivity index (χ2n) is 6.87. The Labute approximate surface area is 177 Å². The molecule has 1 fully saturated rings. The normalized spacial score (nSPS) is 16.4. The van der Waals surface area contributed by atoms with Gasteiger partial charge in [-0.3, -0.25) is 14.6 Å². The van der Waals surface area contributed by atoms with E-state index in [1.165, 1.54) is 11.3 Å². The van der Waals surface area contributed by atoms with Crippen LogP contribution in [0.15, 0.2) is 54.2 Å². The summed E-state index contributed by atoms with van der Waals surface area (Å²) in [6.07, 6.45) is 4.98. The minimum atomic E-state index is -0.259. The van der Waals surface area contributed by atoms with Gasteiger partial charge in [0.05, 0.1) is 11.6 Å². The maximum Gasteiger partial charge on any atom is 0.253 e. The van der Waals surface area contributed by atoms with E-state index in [1.54, 1.807) is 41.6 Å². The molecule has 0 bridgehead atoms. The summed E-state index contributed by atoms with van der Waals surface area (Å²) in [4.78, 5) is 35.8. The molecule has 2 amide bonds. The van der Waals surface area contributed by atoms with Crippen LogP contribution in [0.4, 0.5) is 5.13 Å². The first-order valence-electron chi connectivity index (χ1n) is 9.32. The molecule has 1 aliphatic rings. The number of nitrogens with one attached hydrogen (secondary N) is 1. The third kappa shape index (κ3) is 4.63. The van der Waals surface area contributed by atoms with Gasteiger partial charge in [0.15, 0.2) is 5.13 Å². The molecule has 8 heteroatoms. The Morgan fingerprint density at radius 3 is 2.79 bits per heavy atom. The standard InChI is InChI=1S/C21H19ClN4O2S/c22-17-7-5-14(6-8-17)20(28)26-10-2-4-16(12-26)19(27)25-21-24-18(13-29-21)15-3-1-9-23-11-15/h1,3,5-9,11,13,16H,2,4,10,12H2,(H,24,25,27)/t16-/m0/s1. The average molecular weight is 427 g/mol. The predicted molar refractivity (Wildman–Crippen MR) is 114 cm³/mol. The van der Waals surface area contributed by atoms with Gasteiger partial charge in [-0.15, -0.1) is 11.3 Å². The highest BCUT2D eigenvalue weighted by atomic mass is 35.5. The van der Waals surface area contributed by atoms with Gasteiger partial charge < -0.3 is 10.2 Å². The number of aromatic nitrogens is 2. The summed E-state index contributed by atoms with van der Waals surface area (Å²) < 4.78 is 0. The van der Waals surface area contributed by atoms with Crippen molar-refractivity contribution in [3.63, 3.8) is 0 Å². The van der Waals surface area contributed by atoms with Crippen LogP contribution in [-0.4, -0.2) is 39.8 Å². The SMILES string of the molecule is O=C(Nc1nc(-c2cccnc2)cs1)[C@H]1CCCN(C(=O)c2ccc(Cl)cc2)C1. The van der Waals surface area contributed by atoms with Crippen molar-refractivity contribution >= 4 is 39.9 Å². The number of benzene rings is 1. The Kier molecular flexibility index (Phi) is 5.87. The van der Waals surface area contributed by atoms with Gasteiger partial charge in [-0.1, -0.05) is 11.6 Å². The van der Waals surface area contributed by atoms with Crippen LogP contribution in [-0.2, 0) is 4.79 Å². The summed E-state index contributed by atoms with van der Waals surface area (Å²) in [6, 6.07) is 10.6. The zero-order valence-corrected chi connectivity index (χ0v) is 17.1. The van der Waals surface area contributed by atoms with Gasteiger partial charge in [-0.25, -0.2) is 4.98 Å². The molecule has 1 aromatic carbocycles. The molecule has 0 spiro atoms. The number of hydrogen-bond acceptors (Lipinski definition) is 5. The van der Waals surface area contributed by atoms with Crippen LogP contribution < -0.4 is 5.32 Å². The molecular formula is C21H19ClN4O2S. The van der Waals surface area contributed by atoms with Crippen LogP contribution in [0.2, 0.25) is 5.02 Å². The Hall–Kier alpha value is -2.77. The van der Waals surface area contributed by atoms with Crippen molar-refractivity contribution < 1.29 is 9.59 Å². The summed E-state index contributed by atoms with van der Waals surface area (Å²) in [5, 5.41) is 5.93. The van der Waals surface area contributed by atoms with E-state index in [0.29, 0.717) is 28.8 Å². The molecule has 3 heterocycles. The summed E-state index contributed by atoms with van der Waals surface area (Å²) in [5.74, 6) is -0.441. The van der Waals surface area contributed by atoms with E-state index in [1.807, 2.05) is 17.5 Å². The van der Waals surface area contributed by atoms with Gasteiger partial charge in [-0.05, 0) is 49.2 Å². The molecule has 3 aromatic rings. The summed E-state index contributed by atoms with van der Waals surface area (Å²) >= 11 is 7.28. The number of anilines is 1. The Morgan fingerprint density at radius 2 is 2.03 bits per heavy atom. The Morgan fingerprint density at radius 1 is 1.21 bits per heavy atom. The molecule has 4 rings (SSSR count). The molecule has 2 aromatic heterocycles. The number of rotatable bonds is 4. The number of carbonyl (C=O) groups excluding carboxylic acids is 2. The number of nitrogens with zero attached hydrogens (tertiary/aromatic N) is 3. The molecule has 0 unspecified atom stereocenters. The zero-order valence-electron chi connectivity index (χ0n) is 15.5. The number of pyridine rings is 1. The second kappa shape index (κ2) is 8.71. The van der Waals surface area contributed by atoms with Gasteiger partial charge >= 0.3 is 0 Å². The summed E-state index contributed by atoms with van der Waals surface area (Å²) in [6.45, 7) is 1.04. The summed E-state index contributed by atoms with van der Waals surface area (Å²) in [7, 11) is 0. The third-order valence-corrected chi connectivity index (χ3v) is 5.87. The predicted octanol–water partition coefficient (Wildman–Crippen LogP) is 4.35. The molecule has 0 aliphatic carbocycles. The lowest BCUT2D eigenvalue weighted by molar-refractivity contribution is -0.121. The lowest BCUT2D eigenvalue weighted by Gasteiger charge is -2.32. The van der Waals surface area contributed by atoms with Gasteiger partial charge in [0, 0.05) is 47.0 Å². The summed E-state index contributed by atoms with van der Waals surface area (Å²) in [5.41, 5.74) is 2.26. The molecule has 1 atom stereocenters. The van der Waals surface area contributed by atoms with E-state index >= 15 is 0 Å². The number of hydrogen-bond donors (Lipinski definition) is 1. The van der Waals surface area contributed by atoms with Crippen molar-refractivity contribution in [3.8, 4) is 11.3 Å². The number of carbonyl (C=O) groups is 2. The smallest absolute Gasteiger partial charge is 0.253 e. The first kappa shape index (κ1) is 19.5.